The number of aryl methyl sites for hydroxylation is 1. The Kier molecular flexibility index (Phi) is 6.21. The van der Waals surface area contributed by atoms with Crippen LogP contribution in [0.1, 0.15) is 30.5 Å². The fraction of sp³-hybridized carbons (Fsp3) is 0.206. The van der Waals surface area contributed by atoms with Crippen molar-refractivity contribution >= 4 is 54.4 Å². The van der Waals surface area contributed by atoms with Crippen molar-refractivity contribution in [3.05, 3.63) is 107 Å². The molecule has 0 saturated heterocycles. The third-order valence-corrected chi connectivity index (χ3v) is 9.20. The molecule has 2 N–H and O–H groups in total. The first-order valence-electron chi connectivity index (χ1n) is 13.6. The maximum atomic E-state index is 11.9. The van der Waals surface area contributed by atoms with Crippen LogP contribution in [0.15, 0.2) is 95.6 Å². The molecular formula is C34H34N3O3S+. The number of nitrogens with one attached hydrogen (secondary N) is 1. The second kappa shape index (κ2) is 9.43. The molecule has 0 spiro atoms. The molecule has 6 nitrogen and oxygen atoms in total. The molecule has 0 bridgehead atoms. The summed E-state index contributed by atoms with van der Waals surface area (Å²) in [5, 5.41) is 7.84. The summed E-state index contributed by atoms with van der Waals surface area (Å²) >= 11 is 0. The number of fused-ring (bicyclic) bond motifs is 3. The maximum Gasteiger partial charge on any atom is 0.294 e. The van der Waals surface area contributed by atoms with Crippen LogP contribution in [0.2, 0.25) is 0 Å². The van der Waals surface area contributed by atoms with Gasteiger partial charge in [0.25, 0.3) is 10.1 Å². The minimum atomic E-state index is -4.31. The molecule has 2 heterocycles. The van der Waals surface area contributed by atoms with Gasteiger partial charge in [0.2, 0.25) is 11.4 Å². The summed E-state index contributed by atoms with van der Waals surface area (Å²) in [5.74, 6) is 0. The Hall–Kier alpha value is -4.20. The number of benzene rings is 4. The molecule has 7 heteroatoms. The summed E-state index contributed by atoms with van der Waals surface area (Å²) in [4.78, 5) is 2.07. The number of rotatable bonds is 5. The molecule has 2 aliphatic heterocycles. The third kappa shape index (κ3) is 4.28. The summed E-state index contributed by atoms with van der Waals surface area (Å²) in [7, 11) is 1.96. The van der Waals surface area contributed by atoms with E-state index in [0.717, 1.165) is 39.0 Å². The zero-order chi connectivity index (χ0) is 29.3. The van der Waals surface area contributed by atoms with Crippen LogP contribution in [-0.2, 0) is 15.5 Å². The number of nitrogens with zero attached hydrogens (tertiary/aromatic N) is 2. The van der Waals surface area contributed by atoms with E-state index in [9.17, 15) is 13.0 Å². The van der Waals surface area contributed by atoms with Crippen molar-refractivity contribution in [1.82, 2.24) is 0 Å². The lowest BCUT2D eigenvalue weighted by Crippen LogP contribution is -2.17. The monoisotopic (exact) mass is 564 g/mol. The average Bonchev–Trinajstić information content (AvgIpc) is 3.34. The van der Waals surface area contributed by atoms with E-state index in [2.05, 4.69) is 98.3 Å². The summed E-state index contributed by atoms with van der Waals surface area (Å²) in [6.07, 6.45) is 10.3. The van der Waals surface area contributed by atoms with Gasteiger partial charge in [0.15, 0.2) is 0 Å². The van der Waals surface area contributed by atoms with Crippen LogP contribution in [0.3, 0.4) is 0 Å². The summed E-state index contributed by atoms with van der Waals surface area (Å²) in [6, 6.07) is 18.0. The van der Waals surface area contributed by atoms with E-state index in [1.807, 2.05) is 31.2 Å². The van der Waals surface area contributed by atoms with E-state index >= 15 is 0 Å². The Balaban J connectivity index is 1.32. The predicted octanol–water partition coefficient (Wildman–Crippen LogP) is 7.09. The van der Waals surface area contributed by atoms with Crippen molar-refractivity contribution in [1.29, 1.82) is 0 Å². The van der Waals surface area contributed by atoms with Crippen molar-refractivity contribution in [2.24, 2.45) is 0 Å². The highest BCUT2D eigenvalue weighted by atomic mass is 32.2. The van der Waals surface area contributed by atoms with Gasteiger partial charge in [-0.3, -0.25) is 4.55 Å². The van der Waals surface area contributed by atoms with Gasteiger partial charge in [-0.25, -0.2) is 0 Å². The molecule has 0 unspecified atom stereocenters. The normalized spacial score (nSPS) is 17.0. The first-order chi connectivity index (χ1) is 19.4. The van der Waals surface area contributed by atoms with Crippen LogP contribution in [0.25, 0.3) is 21.5 Å². The van der Waals surface area contributed by atoms with E-state index < -0.39 is 15.5 Å². The number of allylic oxidation sites excluding steroid dienone is 6. The van der Waals surface area contributed by atoms with Crippen LogP contribution in [0.5, 0.6) is 0 Å². The van der Waals surface area contributed by atoms with Gasteiger partial charge in [0.05, 0.1) is 15.8 Å². The lowest BCUT2D eigenvalue weighted by Gasteiger charge is -2.22. The Morgan fingerprint density at radius 1 is 0.976 bits per heavy atom. The smallest absolute Gasteiger partial charge is 0.294 e. The number of hydrogen-bond acceptors (Lipinski definition) is 4. The standard InChI is InChI=1S/C34H33N3O3S/c1-21-19-23(41(38,39)40)20-26-24(21)16-17-27-32(26)34(2,3)30(35-27)14-9-7-8-13-28-25-12-10-11-22-15-18-29(36(4)5)33(31(22)25)37(28)6/h7-20H,1-6H3,(H,38,39,40)/p+1. The summed E-state index contributed by atoms with van der Waals surface area (Å²) in [5.41, 5.74) is 8.18. The molecule has 4 aromatic rings. The molecule has 0 aromatic heterocycles. The Morgan fingerprint density at radius 3 is 2.49 bits per heavy atom. The Bertz CT molecular complexity index is 2010. The zero-order valence-electron chi connectivity index (χ0n) is 24.1. The molecule has 0 fully saturated rings. The van der Waals surface area contributed by atoms with Gasteiger partial charge < -0.3 is 10.2 Å². The molecular weight excluding hydrogens is 530 g/mol. The van der Waals surface area contributed by atoms with E-state index in [-0.39, 0.29) is 4.90 Å². The Labute approximate surface area is 241 Å². The predicted molar refractivity (Wildman–Crippen MR) is 170 cm³/mol. The molecule has 0 amide bonds. The number of anilines is 2. The lowest BCUT2D eigenvalue weighted by atomic mass is 9.80. The Morgan fingerprint density at radius 2 is 1.76 bits per heavy atom. The summed E-state index contributed by atoms with van der Waals surface area (Å²) in [6.45, 7) is 6.12. The minimum absolute atomic E-state index is 0.0842. The third-order valence-electron chi connectivity index (χ3n) is 8.37. The van der Waals surface area contributed by atoms with Crippen LogP contribution in [-0.4, -0.2) is 44.4 Å². The highest BCUT2D eigenvalue weighted by molar-refractivity contribution is 7.85. The minimum Gasteiger partial charge on any atom is -0.372 e. The van der Waals surface area contributed by atoms with Gasteiger partial charge in [-0.05, 0) is 70.6 Å². The molecule has 0 radical (unpaired) electrons. The lowest BCUT2D eigenvalue weighted by molar-refractivity contribution is -0.398. The van der Waals surface area contributed by atoms with Gasteiger partial charge in [0.1, 0.15) is 12.7 Å². The van der Waals surface area contributed by atoms with Gasteiger partial charge in [-0.1, -0.05) is 56.3 Å². The highest BCUT2D eigenvalue weighted by Gasteiger charge is 2.36. The second-order valence-corrected chi connectivity index (χ2v) is 13.0. The zero-order valence-corrected chi connectivity index (χ0v) is 25.0. The molecule has 41 heavy (non-hydrogen) atoms. The van der Waals surface area contributed by atoms with Crippen molar-refractivity contribution in [2.45, 2.75) is 31.1 Å². The summed E-state index contributed by atoms with van der Waals surface area (Å²) < 4.78 is 35.9. The van der Waals surface area contributed by atoms with Crippen molar-refractivity contribution in [3.63, 3.8) is 0 Å². The maximum absolute atomic E-state index is 11.9. The van der Waals surface area contributed by atoms with E-state index in [1.54, 1.807) is 6.07 Å². The van der Waals surface area contributed by atoms with Gasteiger partial charge in [-0.2, -0.15) is 13.0 Å². The van der Waals surface area contributed by atoms with Gasteiger partial charge in [-0.15, -0.1) is 0 Å². The SMILES string of the molecule is Cc1cc(S(=O)(=O)O)cc2c3c(ccc12)N/C(=C/C=C/C=C/C1=[N+](C)c2c(N(C)C)ccc4cccc1c24)C3(C)C. The van der Waals surface area contributed by atoms with Crippen molar-refractivity contribution in [2.75, 3.05) is 31.4 Å². The first kappa shape index (κ1) is 27.0. The van der Waals surface area contributed by atoms with E-state index in [1.165, 1.54) is 33.8 Å². The average molecular weight is 565 g/mol. The van der Waals surface area contributed by atoms with Crippen LogP contribution in [0.4, 0.5) is 17.1 Å². The van der Waals surface area contributed by atoms with Crippen molar-refractivity contribution in [3.8, 4) is 0 Å². The van der Waals surface area contributed by atoms with Crippen LogP contribution < -0.4 is 10.2 Å². The fourth-order valence-electron chi connectivity index (χ4n) is 6.33. The second-order valence-electron chi connectivity index (χ2n) is 11.5. The number of hydrogen-bond donors (Lipinski definition) is 2. The van der Waals surface area contributed by atoms with Crippen LogP contribution in [0, 0.1) is 6.92 Å². The molecule has 208 valence electrons. The van der Waals surface area contributed by atoms with Crippen molar-refractivity contribution < 1.29 is 17.5 Å². The van der Waals surface area contributed by atoms with Gasteiger partial charge in [0, 0.05) is 37.0 Å². The molecule has 0 saturated carbocycles. The molecule has 6 rings (SSSR count). The molecule has 0 atom stereocenters. The topological polar surface area (TPSA) is 72.7 Å². The highest BCUT2D eigenvalue weighted by Crippen LogP contribution is 2.48. The van der Waals surface area contributed by atoms with Gasteiger partial charge >= 0.3 is 0 Å². The fourth-order valence-corrected chi connectivity index (χ4v) is 6.92. The van der Waals surface area contributed by atoms with E-state index in [0.29, 0.717) is 0 Å². The van der Waals surface area contributed by atoms with E-state index in [4.69, 9.17) is 0 Å². The van der Waals surface area contributed by atoms with Crippen LogP contribution >= 0.6 is 0 Å². The first-order valence-corrected chi connectivity index (χ1v) is 15.1. The molecule has 2 aliphatic rings. The molecule has 0 aliphatic carbocycles. The largest absolute Gasteiger partial charge is 0.372 e. The quantitative estimate of drug-likeness (QED) is 0.154. The molecule has 4 aromatic carbocycles.